The number of nitrogens with one attached hydrogen (secondary N) is 2. The number of urea groups is 1. The lowest BCUT2D eigenvalue weighted by molar-refractivity contribution is -0.134. The number of rotatable bonds is 4. The van der Waals surface area contributed by atoms with Crippen molar-refractivity contribution < 1.29 is 14.4 Å². The predicted octanol–water partition coefficient (Wildman–Crippen LogP) is 2.56. The van der Waals surface area contributed by atoms with Gasteiger partial charge in [0.25, 0.3) is 0 Å². The van der Waals surface area contributed by atoms with Crippen LogP contribution in [0.1, 0.15) is 37.3 Å². The number of benzene rings is 1. The summed E-state index contributed by atoms with van der Waals surface area (Å²) in [6.07, 6.45) is 3.93. The minimum Gasteiger partial charge on any atom is -0.347 e. The first-order valence-corrected chi connectivity index (χ1v) is 11.4. The Hall–Kier alpha value is -3.20. The topological polar surface area (TPSA) is 108 Å². The fourth-order valence-electron chi connectivity index (χ4n) is 4.30. The van der Waals surface area contributed by atoms with Crippen LogP contribution in [0.3, 0.4) is 0 Å². The highest BCUT2D eigenvalue weighted by Gasteiger charge is 2.34. The largest absolute Gasteiger partial charge is 0.347 e. The van der Waals surface area contributed by atoms with Crippen molar-refractivity contribution >= 4 is 35.4 Å². The fourth-order valence-corrected chi connectivity index (χ4v) is 4.43. The molecule has 4 amide bonds. The van der Waals surface area contributed by atoms with Gasteiger partial charge in [-0.3, -0.25) is 14.9 Å². The van der Waals surface area contributed by atoms with Gasteiger partial charge >= 0.3 is 6.03 Å². The lowest BCUT2D eigenvalue weighted by Crippen LogP contribution is -2.51. The number of amides is 4. The van der Waals surface area contributed by atoms with Crippen LogP contribution in [0.15, 0.2) is 30.5 Å². The highest BCUT2D eigenvalue weighted by atomic mass is 35.5. The molecule has 2 fully saturated rings. The van der Waals surface area contributed by atoms with E-state index in [2.05, 4.69) is 15.6 Å². The molecule has 174 valence electrons. The van der Waals surface area contributed by atoms with Crippen LogP contribution in [0.4, 0.5) is 10.7 Å². The van der Waals surface area contributed by atoms with Crippen molar-refractivity contribution in [2.75, 3.05) is 32.1 Å². The van der Waals surface area contributed by atoms with Gasteiger partial charge in [-0.05, 0) is 37.0 Å². The minimum atomic E-state index is -0.714. The number of anilines is 1. The minimum absolute atomic E-state index is 0.0105. The molecule has 0 saturated carbocycles. The first-order chi connectivity index (χ1) is 15.8. The summed E-state index contributed by atoms with van der Waals surface area (Å²) >= 11 is 6.08. The quantitative estimate of drug-likeness (QED) is 0.711. The van der Waals surface area contributed by atoms with Crippen molar-refractivity contribution in [2.45, 2.75) is 37.6 Å². The molecule has 33 heavy (non-hydrogen) atoms. The highest BCUT2D eigenvalue weighted by molar-refractivity contribution is 6.30. The Morgan fingerprint density at radius 3 is 2.67 bits per heavy atom. The van der Waals surface area contributed by atoms with Gasteiger partial charge in [0.1, 0.15) is 6.04 Å². The Labute approximate surface area is 197 Å². The first-order valence-electron chi connectivity index (χ1n) is 11.0. The standard InChI is InChI=1S/C23H27ClN6O3/c1-29(2)22-25-12-17(14-5-7-16(24)8-6-14)20(28-22)15-4-3-11-30(13-15)21(32)18-9-10-19(31)27-23(33)26-18/h5-8,12,15,18H,3-4,9-11,13H2,1-2H3,(H2,26,27,31,33)/t15-,18+/m0/s1. The van der Waals surface area contributed by atoms with Crippen LogP contribution in [-0.4, -0.2) is 65.9 Å². The van der Waals surface area contributed by atoms with Crippen LogP contribution in [0.5, 0.6) is 0 Å². The maximum atomic E-state index is 13.2. The molecular weight excluding hydrogens is 444 g/mol. The zero-order valence-electron chi connectivity index (χ0n) is 18.7. The van der Waals surface area contributed by atoms with E-state index < -0.39 is 12.1 Å². The summed E-state index contributed by atoms with van der Waals surface area (Å²) in [5.41, 5.74) is 2.76. The molecule has 0 spiro atoms. The van der Waals surface area contributed by atoms with Crippen LogP contribution < -0.4 is 15.5 Å². The van der Waals surface area contributed by atoms with Crippen LogP contribution in [0.2, 0.25) is 5.02 Å². The van der Waals surface area contributed by atoms with E-state index in [1.165, 1.54) is 0 Å². The summed E-state index contributed by atoms with van der Waals surface area (Å²) in [6, 6.07) is 6.21. The number of aromatic nitrogens is 2. The number of imide groups is 1. The molecule has 2 N–H and O–H groups in total. The number of hydrogen-bond acceptors (Lipinski definition) is 6. The van der Waals surface area contributed by atoms with Gasteiger partial charge in [-0.25, -0.2) is 14.8 Å². The van der Waals surface area contributed by atoms with Gasteiger partial charge in [0.05, 0.1) is 5.69 Å². The average Bonchev–Trinajstić information content (AvgIpc) is 2.98. The van der Waals surface area contributed by atoms with Crippen molar-refractivity contribution in [3.05, 3.63) is 41.2 Å². The van der Waals surface area contributed by atoms with E-state index in [1.54, 1.807) is 4.90 Å². The monoisotopic (exact) mass is 470 g/mol. The van der Waals surface area contributed by atoms with Gasteiger partial charge in [-0.1, -0.05) is 23.7 Å². The van der Waals surface area contributed by atoms with Gasteiger partial charge in [0, 0.05) is 56.3 Å². The molecule has 1 aromatic heterocycles. The fraction of sp³-hybridized carbons (Fsp3) is 0.435. The van der Waals surface area contributed by atoms with E-state index in [9.17, 15) is 14.4 Å². The number of carbonyl (C=O) groups is 3. The van der Waals surface area contributed by atoms with Gasteiger partial charge in [0.15, 0.2) is 0 Å². The molecule has 2 aromatic rings. The lowest BCUT2D eigenvalue weighted by Gasteiger charge is -2.35. The average molecular weight is 471 g/mol. The van der Waals surface area contributed by atoms with Crippen molar-refractivity contribution in [2.24, 2.45) is 0 Å². The number of piperidine rings is 1. The molecule has 1 aromatic carbocycles. The summed E-state index contributed by atoms with van der Waals surface area (Å²) in [5.74, 6) is 0.0757. The second-order valence-corrected chi connectivity index (χ2v) is 9.04. The molecule has 2 atom stereocenters. The number of carbonyl (C=O) groups excluding carboxylic acids is 3. The van der Waals surface area contributed by atoms with Crippen LogP contribution in [-0.2, 0) is 9.59 Å². The SMILES string of the molecule is CN(C)c1ncc(-c2ccc(Cl)cc2)c([C@H]2CCCN(C(=O)[C@H]3CCC(=O)NC(=O)N3)C2)n1. The van der Waals surface area contributed by atoms with E-state index in [0.29, 0.717) is 24.1 Å². The van der Waals surface area contributed by atoms with Crippen LogP contribution in [0, 0.1) is 0 Å². The van der Waals surface area contributed by atoms with Gasteiger partial charge in [0.2, 0.25) is 17.8 Å². The van der Waals surface area contributed by atoms with E-state index in [4.69, 9.17) is 16.6 Å². The van der Waals surface area contributed by atoms with E-state index in [1.807, 2.05) is 49.5 Å². The normalized spacial score (nSPS) is 21.1. The smallest absolute Gasteiger partial charge is 0.322 e. The Kier molecular flexibility index (Phi) is 6.78. The van der Waals surface area contributed by atoms with E-state index in [-0.39, 0.29) is 30.6 Å². The summed E-state index contributed by atoms with van der Waals surface area (Å²) in [4.78, 5) is 49.7. The third-order valence-corrected chi connectivity index (χ3v) is 6.25. The Morgan fingerprint density at radius 1 is 1.18 bits per heavy atom. The molecule has 0 bridgehead atoms. The number of halogens is 1. The van der Waals surface area contributed by atoms with Crippen molar-refractivity contribution in [3.8, 4) is 11.1 Å². The zero-order valence-corrected chi connectivity index (χ0v) is 19.4. The molecule has 2 aliphatic heterocycles. The molecule has 0 radical (unpaired) electrons. The molecule has 10 heteroatoms. The molecule has 4 rings (SSSR count). The molecule has 3 heterocycles. The molecule has 2 aliphatic rings. The molecule has 9 nitrogen and oxygen atoms in total. The molecule has 0 unspecified atom stereocenters. The van der Waals surface area contributed by atoms with Crippen molar-refractivity contribution in [1.82, 2.24) is 25.5 Å². The molecule has 2 saturated heterocycles. The van der Waals surface area contributed by atoms with Gasteiger partial charge in [-0.2, -0.15) is 0 Å². The van der Waals surface area contributed by atoms with Crippen LogP contribution >= 0.6 is 11.6 Å². The summed E-state index contributed by atoms with van der Waals surface area (Å²) in [5, 5.41) is 5.49. The number of hydrogen-bond donors (Lipinski definition) is 2. The maximum absolute atomic E-state index is 13.2. The summed E-state index contributed by atoms with van der Waals surface area (Å²) in [6.45, 7) is 1.09. The third-order valence-electron chi connectivity index (χ3n) is 6.00. The Balaban J connectivity index is 1.61. The number of nitrogens with zero attached hydrogens (tertiary/aromatic N) is 4. The Bertz CT molecular complexity index is 1060. The van der Waals surface area contributed by atoms with Gasteiger partial charge < -0.3 is 15.1 Å². The predicted molar refractivity (Wildman–Crippen MR) is 125 cm³/mol. The second kappa shape index (κ2) is 9.74. The van der Waals surface area contributed by atoms with Gasteiger partial charge in [-0.15, -0.1) is 0 Å². The Morgan fingerprint density at radius 2 is 1.94 bits per heavy atom. The van der Waals surface area contributed by atoms with E-state index >= 15 is 0 Å². The second-order valence-electron chi connectivity index (χ2n) is 8.61. The van der Waals surface area contributed by atoms with Crippen molar-refractivity contribution in [3.63, 3.8) is 0 Å². The lowest BCUT2D eigenvalue weighted by atomic mass is 9.89. The number of likely N-dealkylation sites (tertiary alicyclic amines) is 1. The van der Waals surface area contributed by atoms with Crippen molar-refractivity contribution in [1.29, 1.82) is 0 Å². The third kappa shape index (κ3) is 5.24. The maximum Gasteiger partial charge on any atom is 0.322 e. The molecular formula is C23H27ClN6O3. The van der Waals surface area contributed by atoms with Crippen LogP contribution in [0.25, 0.3) is 11.1 Å². The summed E-state index contributed by atoms with van der Waals surface area (Å²) in [7, 11) is 3.78. The summed E-state index contributed by atoms with van der Waals surface area (Å²) < 4.78 is 0. The highest BCUT2D eigenvalue weighted by Crippen LogP contribution is 2.34. The zero-order chi connectivity index (χ0) is 23.5. The van der Waals surface area contributed by atoms with E-state index in [0.717, 1.165) is 29.7 Å². The first kappa shape index (κ1) is 23.0. The molecule has 0 aliphatic carbocycles.